The molecule has 4 rings (SSSR count). The number of aliphatic imine (C=N–C) groups is 1. The average Bonchev–Trinajstić information content (AvgIpc) is 3.76. The van der Waals surface area contributed by atoms with Crippen molar-refractivity contribution in [2.75, 3.05) is 33.4 Å². The number of nitrogens with one attached hydrogen (secondary N) is 2. The van der Waals surface area contributed by atoms with Crippen LogP contribution in [0.3, 0.4) is 0 Å². The van der Waals surface area contributed by atoms with Crippen LogP contribution in [0.1, 0.15) is 70.8 Å². The summed E-state index contributed by atoms with van der Waals surface area (Å²) in [7, 11) is 1.90. The molecule has 0 radical (unpaired) electrons. The Labute approximate surface area is 252 Å². The van der Waals surface area contributed by atoms with Crippen LogP contribution in [0.15, 0.2) is 46.5 Å². The Balaban J connectivity index is 1.32. The van der Waals surface area contributed by atoms with E-state index < -0.39 is 0 Å². The van der Waals surface area contributed by atoms with Crippen molar-refractivity contribution in [3.8, 4) is 11.5 Å². The maximum atomic E-state index is 10.5. The summed E-state index contributed by atoms with van der Waals surface area (Å²) in [6, 6.07) is 6.31. The molecule has 1 fully saturated rings. The topological polar surface area (TPSA) is 116 Å². The first-order valence-corrected chi connectivity index (χ1v) is 15.9. The van der Waals surface area contributed by atoms with Gasteiger partial charge in [-0.2, -0.15) is 11.6 Å². The van der Waals surface area contributed by atoms with Crippen molar-refractivity contribution < 1.29 is 24.8 Å². The molecular formula is C34H51N3O5. The van der Waals surface area contributed by atoms with Crippen LogP contribution >= 0.6 is 0 Å². The first-order chi connectivity index (χ1) is 20.4. The van der Waals surface area contributed by atoms with Gasteiger partial charge in [-0.05, 0) is 63.3 Å². The summed E-state index contributed by atoms with van der Waals surface area (Å²) in [5.74, 6) is 1.57. The predicted molar refractivity (Wildman–Crippen MR) is 167 cm³/mol. The van der Waals surface area contributed by atoms with E-state index in [-0.39, 0.29) is 30.6 Å². The number of hydrogen-bond acceptors (Lipinski definition) is 8. The zero-order valence-electron chi connectivity index (χ0n) is 25.6. The maximum Gasteiger partial charge on any atom is 0.176 e. The molecule has 0 bridgehead atoms. The van der Waals surface area contributed by atoms with Crippen molar-refractivity contribution in [2.45, 2.75) is 89.9 Å². The van der Waals surface area contributed by atoms with Crippen LogP contribution in [0.4, 0.5) is 0 Å². The number of likely N-dealkylation sites (N-methyl/N-ethyl adjacent to an activating group) is 1. The van der Waals surface area contributed by atoms with Crippen molar-refractivity contribution in [3.05, 3.63) is 59.2 Å². The summed E-state index contributed by atoms with van der Waals surface area (Å²) in [5, 5.41) is 36.7. The number of phenolic OH excluding ortho intramolecular Hbond substituents is 1. The number of benzene rings is 1. The predicted octanol–water partition coefficient (Wildman–Crippen LogP) is 4.65. The summed E-state index contributed by atoms with van der Waals surface area (Å²) in [6.07, 6.45) is 16.3. The molecule has 3 aliphatic rings. The van der Waals surface area contributed by atoms with Gasteiger partial charge in [-0.3, -0.25) is 5.32 Å². The fourth-order valence-electron chi connectivity index (χ4n) is 6.24. The second-order valence-electron chi connectivity index (χ2n) is 12.0. The number of unbranched alkanes of at least 4 members (excludes halogenated alkanes) is 1. The van der Waals surface area contributed by atoms with Gasteiger partial charge in [-0.25, -0.2) is 0 Å². The van der Waals surface area contributed by atoms with Gasteiger partial charge in [0, 0.05) is 25.8 Å². The third kappa shape index (κ3) is 9.01. The van der Waals surface area contributed by atoms with E-state index in [1.54, 1.807) is 6.07 Å². The lowest BCUT2D eigenvalue weighted by molar-refractivity contribution is 0.103. The van der Waals surface area contributed by atoms with Crippen LogP contribution in [0.25, 0.3) is 0 Å². The molecule has 2 aliphatic heterocycles. The molecular weight excluding hydrogens is 530 g/mol. The minimum atomic E-state index is -0.364. The average molecular weight is 582 g/mol. The van der Waals surface area contributed by atoms with E-state index in [2.05, 4.69) is 23.6 Å². The Morgan fingerprint density at radius 2 is 2.05 bits per heavy atom. The second-order valence-corrected chi connectivity index (χ2v) is 12.0. The molecule has 0 amide bonds. The molecule has 5 N–H and O–H groups in total. The molecule has 2 heterocycles. The Kier molecular flexibility index (Phi) is 12.6. The SMILES string of the molecule is CCCCC1O[C-](CCc2ccc(O)c(OCC(NC)[C+]3C=C(C(CNCC(C)O)C4CCCC4)C=N3)c2)C=C1CO. The number of phenols is 1. The third-order valence-electron chi connectivity index (χ3n) is 8.73. The van der Waals surface area contributed by atoms with Crippen LogP contribution in [0.5, 0.6) is 11.5 Å². The van der Waals surface area contributed by atoms with Crippen molar-refractivity contribution in [1.29, 1.82) is 0 Å². The Bertz CT molecular complexity index is 1070. The molecule has 42 heavy (non-hydrogen) atoms. The van der Waals surface area contributed by atoms with Crippen LogP contribution in [-0.4, -0.2) is 73.1 Å². The minimum Gasteiger partial charge on any atom is -0.504 e. The Morgan fingerprint density at radius 3 is 2.76 bits per heavy atom. The zero-order valence-corrected chi connectivity index (χ0v) is 25.6. The van der Waals surface area contributed by atoms with Crippen LogP contribution in [0.2, 0.25) is 0 Å². The Hall–Kier alpha value is -2.49. The van der Waals surface area contributed by atoms with E-state index >= 15 is 0 Å². The lowest BCUT2D eigenvalue weighted by Gasteiger charge is -2.24. The van der Waals surface area contributed by atoms with Gasteiger partial charge in [-0.15, -0.1) is 4.99 Å². The fourth-order valence-corrected chi connectivity index (χ4v) is 6.24. The smallest absolute Gasteiger partial charge is 0.176 e. The van der Waals surface area contributed by atoms with E-state index in [1.807, 2.05) is 38.4 Å². The molecule has 4 unspecified atom stereocenters. The van der Waals surface area contributed by atoms with Gasteiger partial charge in [0.1, 0.15) is 18.2 Å². The van der Waals surface area contributed by atoms with Gasteiger partial charge >= 0.3 is 0 Å². The second kappa shape index (κ2) is 16.4. The van der Waals surface area contributed by atoms with Crippen LogP contribution in [-0.2, 0) is 11.2 Å². The number of rotatable bonds is 18. The van der Waals surface area contributed by atoms with Crippen LogP contribution in [0, 0.1) is 24.0 Å². The number of aromatic hydroxyl groups is 1. The standard InChI is InChI=1S/C34H51N3O5/c1-4-5-10-33-27(21-38)16-28(42-33)13-11-24-12-14-32(40)34(15-24)41-22-31(35-3)30-17-26(19-37-30)29(20-36-18-23(2)39)25-8-6-7-9-25/h12,14-17,19,23,25,29,31,33,35-36,38-40H,4-11,13,18,20-22H2,1-3H3. The van der Waals surface area contributed by atoms with Gasteiger partial charge in [0.2, 0.25) is 0 Å². The molecule has 1 aromatic rings. The number of nitrogens with zero attached hydrogens (tertiary/aromatic N) is 1. The lowest BCUT2D eigenvalue weighted by Crippen LogP contribution is -2.36. The highest BCUT2D eigenvalue weighted by Gasteiger charge is 2.37. The molecule has 8 nitrogen and oxygen atoms in total. The highest BCUT2D eigenvalue weighted by Crippen LogP contribution is 2.37. The number of ether oxygens (including phenoxy) is 2. The van der Waals surface area contributed by atoms with Crippen molar-refractivity contribution in [2.24, 2.45) is 16.8 Å². The monoisotopic (exact) mass is 581 g/mol. The van der Waals surface area contributed by atoms with E-state index in [0.717, 1.165) is 61.9 Å². The number of hydrogen-bond donors (Lipinski definition) is 5. The maximum absolute atomic E-state index is 10.5. The first-order valence-electron chi connectivity index (χ1n) is 15.9. The van der Waals surface area contributed by atoms with Gasteiger partial charge < -0.3 is 30.1 Å². The summed E-state index contributed by atoms with van der Waals surface area (Å²) >= 11 is 0. The molecule has 0 saturated heterocycles. The third-order valence-corrected chi connectivity index (χ3v) is 8.73. The van der Waals surface area contributed by atoms with Gasteiger partial charge in [0.05, 0.1) is 18.1 Å². The minimum absolute atomic E-state index is 0.0126. The largest absolute Gasteiger partial charge is 0.504 e. The summed E-state index contributed by atoms with van der Waals surface area (Å²) in [4.78, 5) is 4.76. The molecule has 1 saturated carbocycles. The van der Waals surface area contributed by atoms with Crippen LogP contribution < -0.4 is 15.4 Å². The quantitative estimate of drug-likeness (QED) is 0.160. The van der Waals surface area contributed by atoms with E-state index in [0.29, 0.717) is 30.7 Å². The first kappa shape index (κ1) is 32.4. The fraction of sp³-hybridized carbons (Fsp3) is 0.618. The summed E-state index contributed by atoms with van der Waals surface area (Å²) in [6.45, 7) is 5.76. The molecule has 4 atom stereocenters. The van der Waals surface area contributed by atoms with Crippen molar-refractivity contribution >= 4 is 6.21 Å². The van der Waals surface area contributed by atoms with E-state index in [9.17, 15) is 15.3 Å². The summed E-state index contributed by atoms with van der Waals surface area (Å²) < 4.78 is 12.3. The van der Waals surface area contributed by atoms with Crippen molar-refractivity contribution in [1.82, 2.24) is 10.6 Å². The van der Waals surface area contributed by atoms with E-state index in [4.69, 9.17) is 14.5 Å². The highest BCUT2D eigenvalue weighted by molar-refractivity contribution is 5.84. The number of aliphatic hydroxyl groups is 2. The molecule has 232 valence electrons. The number of aliphatic hydroxyl groups excluding tert-OH is 2. The zero-order chi connectivity index (χ0) is 29.9. The molecule has 8 heteroatoms. The summed E-state index contributed by atoms with van der Waals surface area (Å²) in [5.41, 5.74) is 3.25. The molecule has 0 aromatic heterocycles. The van der Waals surface area contributed by atoms with Gasteiger partial charge in [0.15, 0.2) is 23.8 Å². The van der Waals surface area contributed by atoms with Gasteiger partial charge in [-0.1, -0.05) is 51.2 Å². The van der Waals surface area contributed by atoms with Gasteiger partial charge in [0.25, 0.3) is 0 Å². The Morgan fingerprint density at radius 1 is 1.24 bits per heavy atom. The molecule has 1 aliphatic carbocycles. The number of aryl methyl sites for hydroxylation is 1. The normalized spacial score (nSPS) is 21.1. The van der Waals surface area contributed by atoms with Crippen molar-refractivity contribution in [3.63, 3.8) is 0 Å². The molecule has 0 spiro atoms. The molecule has 1 aromatic carbocycles. The van der Waals surface area contributed by atoms with E-state index in [1.165, 1.54) is 31.3 Å². The highest BCUT2D eigenvalue weighted by atomic mass is 16.5. The lowest BCUT2D eigenvalue weighted by atomic mass is 9.84.